The van der Waals surface area contributed by atoms with E-state index in [2.05, 4.69) is 0 Å². The standard InChI is InChI=1S/C4H9BO2/c5-4(7)2-1-3-6/h6H,1-3,5H2. The van der Waals surface area contributed by atoms with Crippen LogP contribution in [-0.2, 0) is 4.79 Å². The van der Waals surface area contributed by atoms with Gasteiger partial charge in [0.05, 0.1) is 5.68 Å². The summed E-state index contributed by atoms with van der Waals surface area (Å²) in [7, 11) is 1.52. The van der Waals surface area contributed by atoms with E-state index in [0.29, 0.717) is 12.8 Å². The Kier molecular flexibility index (Phi) is 3.70. The molecule has 7 heavy (non-hydrogen) atoms. The third kappa shape index (κ3) is 5.69. The Morgan fingerprint density at radius 1 is 1.71 bits per heavy atom. The largest absolute Gasteiger partial charge is 0.396 e. The summed E-state index contributed by atoms with van der Waals surface area (Å²) in [5.74, 6) is 0. The number of aliphatic hydroxyl groups is 1. The van der Waals surface area contributed by atoms with Gasteiger partial charge in [-0.25, -0.2) is 0 Å². The summed E-state index contributed by atoms with van der Waals surface area (Å²) in [6, 6.07) is 0. The van der Waals surface area contributed by atoms with Gasteiger partial charge >= 0.3 is 0 Å². The van der Waals surface area contributed by atoms with E-state index in [0.717, 1.165) is 0 Å². The van der Waals surface area contributed by atoms with Crippen molar-refractivity contribution in [3.63, 3.8) is 0 Å². The van der Waals surface area contributed by atoms with E-state index < -0.39 is 0 Å². The van der Waals surface area contributed by atoms with Crippen molar-refractivity contribution < 1.29 is 9.90 Å². The Balaban J connectivity index is 2.82. The van der Waals surface area contributed by atoms with Crippen LogP contribution in [0, 0.1) is 0 Å². The van der Waals surface area contributed by atoms with Gasteiger partial charge in [0.1, 0.15) is 0 Å². The van der Waals surface area contributed by atoms with Gasteiger partial charge in [0.25, 0.3) is 0 Å². The highest BCUT2D eigenvalue weighted by Crippen LogP contribution is 1.83. The topological polar surface area (TPSA) is 37.3 Å². The fraction of sp³-hybridized carbons (Fsp3) is 0.750. The first-order chi connectivity index (χ1) is 3.27. The molecule has 0 saturated heterocycles. The fourth-order valence-corrected chi connectivity index (χ4v) is 0.328. The van der Waals surface area contributed by atoms with Crippen LogP contribution in [0.5, 0.6) is 0 Å². The lowest BCUT2D eigenvalue weighted by Gasteiger charge is -1.86. The third-order valence-corrected chi connectivity index (χ3v) is 0.687. The molecule has 2 nitrogen and oxygen atoms in total. The highest BCUT2D eigenvalue weighted by Gasteiger charge is 1.88. The van der Waals surface area contributed by atoms with Crippen molar-refractivity contribution in [1.29, 1.82) is 0 Å². The van der Waals surface area contributed by atoms with Crippen molar-refractivity contribution in [3.8, 4) is 0 Å². The number of carbonyl (C=O) groups is 1. The van der Waals surface area contributed by atoms with Gasteiger partial charge < -0.3 is 9.90 Å². The van der Waals surface area contributed by atoms with Crippen LogP contribution >= 0.6 is 0 Å². The molecule has 0 rings (SSSR count). The maximum atomic E-state index is 10.1. The van der Waals surface area contributed by atoms with Crippen molar-refractivity contribution in [2.24, 2.45) is 0 Å². The minimum absolute atomic E-state index is 0.125. The van der Waals surface area contributed by atoms with Crippen LogP contribution in [0.1, 0.15) is 12.8 Å². The molecule has 0 radical (unpaired) electrons. The molecule has 0 fully saturated rings. The average Bonchev–Trinajstić information content (AvgIpc) is 1.61. The van der Waals surface area contributed by atoms with Crippen LogP contribution in [0.4, 0.5) is 0 Å². The zero-order valence-corrected chi connectivity index (χ0v) is 4.48. The van der Waals surface area contributed by atoms with Crippen molar-refractivity contribution in [2.45, 2.75) is 12.8 Å². The first-order valence-electron chi connectivity index (χ1n) is 2.37. The van der Waals surface area contributed by atoms with Crippen LogP contribution in [0.15, 0.2) is 0 Å². The smallest absolute Gasteiger partial charge is 0.187 e. The minimum atomic E-state index is 0.125. The number of hydrogen-bond donors (Lipinski definition) is 1. The van der Waals surface area contributed by atoms with Gasteiger partial charge in [-0.2, -0.15) is 0 Å². The summed E-state index contributed by atoms with van der Waals surface area (Å²) in [5, 5.41) is 8.16. The summed E-state index contributed by atoms with van der Waals surface area (Å²) >= 11 is 0. The van der Waals surface area contributed by atoms with Crippen LogP contribution in [0.3, 0.4) is 0 Å². The molecule has 0 saturated carbocycles. The van der Waals surface area contributed by atoms with Gasteiger partial charge in [-0.1, -0.05) is 0 Å². The molecular weight excluding hydrogens is 90.9 g/mol. The van der Waals surface area contributed by atoms with E-state index in [1.165, 1.54) is 7.85 Å². The molecule has 0 spiro atoms. The molecule has 1 N–H and O–H groups in total. The highest BCUT2D eigenvalue weighted by atomic mass is 16.3. The van der Waals surface area contributed by atoms with Crippen LogP contribution in [0.2, 0.25) is 0 Å². The lowest BCUT2D eigenvalue weighted by atomic mass is 9.98. The van der Waals surface area contributed by atoms with Gasteiger partial charge in [0, 0.05) is 6.61 Å². The Morgan fingerprint density at radius 2 is 2.29 bits per heavy atom. The van der Waals surface area contributed by atoms with E-state index in [-0.39, 0.29) is 12.3 Å². The van der Waals surface area contributed by atoms with Gasteiger partial charge in [-0.05, 0) is 12.8 Å². The van der Waals surface area contributed by atoms with Gasteiger partial charge in [-0.15, -0.1) is 0 Å². The van der Waals surface area contributed by atoms with Crippen molar-refractivity contribution >= 4 is 13.5 Å². The molecule has 0 aromatic carbocycles. The first-order valence-corrected chi connectivity index (χ1v) is 2.37. The number of hydrogen-bond acceptors (Lipinski definition) is 2. The second kappa shape index (κ2) is 3.87. The molecule has 0 aromatic heterocycles. The average molecular weight is 99.9 g/mol. The molecule has 0 atom stereocenters. The van der Waals surface area contributed by atoms with E-state index in [4.69, 9.17) is 5.11 Å². The zero-order chi connectivity index (χ0) is 5.70. The molecule has 0 amide bonds. The van der Waals surface area contributed by atoms with Gasteiger partial charge in [0.15, 0.2) is 7.85 Å². The van der Waals surface area contributed by atoms with E-state index in [9.17, 15) is 4.79 Å². The second-order valence-electron chi connectivity index (χ2n) is 1.53. The molecule has 0 unspecified atom stereocenters. The Hall–Kier alpha value is -0.305. The summed E-state index contributed by atoms with van der Waals surface area (Å²) in [6.07, 6.45) is 1.12. The second-order valence-corrected chi connectivity index (χ2v) is 1.53. The Bertz CT molecular complexity index is 62.7. The number of aliphatic hydroxyl groups excluding tert-OH is 1. The predicted molar refractivity (Wildman–Crippen MR) is 29.9 cm³/mol. The van der Waals surface area contributed by atoms with Crippen LogP contribution in [0.25, 0.3) is 0 Å². The third-order valence-electron chi connectivity index (χ3n) is 0.687. The molecule has 40 valence electrons. The van der Waals surface area contributed by atoms with Gasteiger partial charge in [0.2, 0.25) is 0 Å². The monoisotopic (exact) mass is 100 g/mol. The van der Waals surface area contributed by atoms with Crippen LogP contribution in [-0.4, -0.2) is 25.2 Å². The number of carbonyl (C=O) groups excluding carboxylic acids is 1. The maximum absolute atomic E-state index is 10.1. The first kappa shape index (κ1) is 6.69. The fourth-order valence-electron chi connectivity index (χ4n) is 0.328. The normalized spacial score (nSPS) is 8.71. The van der Waals surface area contributed by atoms with Gasteiger partial charge in [-0.3, -0.25) is 0 Å². The van der Waals surface area contributed by atoms with Crippen molar-refractivity contribution in [1.82, 2.24) is 0 Å². The van der Waals surface area contributed by atoms with Crippen molar-refractivity contribution in [3.05, 3.63) is 0 Å². The molecule has 0 aromatic rings. The molecule has 0 bridgehead atoms. The summed E-state index contributed by atoms with van der Waals surface area (Å²) < 4.78 is 0. The summed E-state index contributed by atoms with van der Waals surface area (Å²) in [6.45, 7) is 0.125. The molecule has 3 heteroatoms. The molecule has 0 heterocycles. The lowest BCUT2D eigenvalue weighted by Crippen LogP contribution is -1.96. The molecule has 0 aliphatic carbocycles. The maximum Gasteiger partial charge on any atom is 0.187 e. The molecular formula is C4H9BO2. The van der Waals surface area contributed by atoms with E-state index >= 15 is 0 Å². The summed E-state index contributed by atoms with van der Waals surface area (Å²) in [5.41, 5.74) is 0.147. The van der Waals surface area contributed by atoms with Crippen LogP contribution < -0.4 is 0 Å². The Labute approximate surface area is 43.9 Å². The minimum Gasteiger partial charge on any atom is -0.396 e. The summed E-state index contributed by atoms with van der Waals surface area (Å²) in [4.78, 5) is 10.1. The van der Waals surface area contributed by atoms with Crippen molar-refractivity contribution in [2.75, 3.05) is 6.61 Å². The molecule has 0 aliphatic rings. The quantitative estimate of drug-likeness (QED) is 0.458. The van der Waals surface area contributed by atoms with E-state index in [1.54, 1.807) is 0 Å². The SMILES string of the molecule is BC(=O)CCCO. The van der Waals surface area contributed by atoms with E-state index in [1.807, 2.05) is 0 Å². The Morgan fingerprint density at radius 3 is 2.43 bits per heavy atom. The predicted octanol–water partition coefficient (Wildman–Crippen LogP) is -1.08. The molecule has 0 aliphatic heterocycles. The number of rotatable bonds is 3. The highest BCUT2D eigenvalue weighted by molar-refractivity contribution is 6.57. The lowest BCUT2D eigenvalue weighted by molar-refractivity contribution is -0.112. The zero-order valence-electron chi connectivity index (χ0n) is 4.48.